The molecular formula is C48H62CoCrN4O6+6. The van der Waals surface area contributed by atoms with E-state index in [0.717, 1.165) is 101 Å². The number of fused-ring (bicyclic) bond motifs is 8. The van der Waals surface area contributed by atoms with Gasteiger partial charge >= 0.3 is 79.4 Å². The van der Waals surface area contributed by atoms with Crippen LogP contribution in [0.3, 0.4) is 0 Å². The Morgan fingerprint density at radius 2 is 0.650 bits per heavy atom. The fraction of sp³-hybridized carbons (Fsp3) is 0.500. The SMILES string of the molecule is C1CCOC1.C1CCOC1.CCC1=C(CC)c2cc3[nH]c(cc4[nH]c(cc5nc(cc1n2)C(CC)=C5CC)c(CC)c4CC)c(CC)c3CC.[C-]#[O+].[C-]#[O+].[C-]#[O+].[C-]#[O+].[Co+3].[Cr+3]. The Bertz CT molecular complexity index is 1890. The van der Waals surface area contributed by atoms with Crippen molar-refractivity contribution < 1.29 is 62.2 Å². The monoisotopic (exact) mass is 901 g/mol. The molecule has 0 unspecified atom stereocenters. The average Bonchev–Trinajstić information content (AvgIpc) is 4.15. The zero-order valence-electron chi connectivity index (χ0n) is 36.7. The van der Waals surface area contributed by atoms with E-state index < -0.39 is 0 Å². The molecule has 4 aliphatic heterocycles. The molecule has 0 amide bonds. The quantitative estimate of drug-likeness (QED) is 0.170. The maximum atomic E-state index is 7.50. The first-order valence-corrected chi connectivity index (χ1v) is 20.7. The number of aromatic nitrogens is 4. The van der Waals surface area contributed by atoms with Gasteiger partial charge in [-0.3, -0.25) is 0 Å². The number of aryl methyl sites for hydroxylation is 4. The van der Waals surface area contributed by atoms with E-state index in [-0.39, 0.29) is 34.1 Å². The maximum Gasteiger partial charge on any atom is 3.00 e. The van der Waals surface area contributed by atoms with Crippen LogP contribution in [0.2, 0.25) is 0 Å². The molecule has 7 rings (SSSR count). The van der Waals surface area contributed by atoms with Crippen LogP contribution < -0.4 is 0 Å². The number of allylic oxidation sites excluding steroid dienone is 4. The molecular weight excluding hydrogens is 839 g/mol. The third kappa shape index (κ3) is 14.9. The van der Waals surface area contributed by atoms with Crippen LogP contribution in [0.1, 0.15) is 152 Å². The normalized spacial score (nSPS) is 13.2. The second-order valence-electron chi connectivity index (χ2n) is 13.5. The largest absolute Gasteiger partial charge is 3.00 e. The van der Waals surface area contributed by atoms with Crippen molar-refractivity contribution >= 4 is 44.4 Å². The van der Waals surface area contributed by atoms with Gasteiger partial charge in [-0.1, -0.05) is 55.4 Å². The van der Waals surface area contributed by atoms with E-state index in [4.69, 9.17) is 38.1 Å². The second-order valence-corrected chi connectivity index (χ2v) is 13.5. The molecule has 8 bridgehead atoms. The molecule has 2 fully saturated rings. The molecule has 7 heterocycles. The van der Waals surface area contributed by atoms with Gasteiger partial charge in [0.15, 0.2) is 0 Å². The van der Waals surface area contributed by atoms with Crippen LogP contribution in [-0.2, 0) is 87.9 Å². The Labute approximate surface area is 379 Å². The Hall–Kier alpha value is -3.48. The topological polar surface area (TPSA) is 155 Å². The molecule has 0 spiro atoms. The summed E-state index contributed by atoms with van der Waals surface area (Å²) in [5.74, 6) is 0. The number of nitrogens with one attached hydrogen (secondary N) is 2. The minimum Gasteiger partial charge on any atom is 3.00 e. The molecule has 2 saturated heterocycles. The van der Waals surface area contributed by atoms with E-state index in [2.05, 4.69) is 116 Å². The van der Waals surface area contributed by atoms with Gasteiger partial charge in [0.1, 0.15) is 0 Å². The standard InChI is InChI=1S/C36H46N4.2C4H8O.4CO.Co.Cr/c1-9-21-22(10-2)30-18-32-25(13-5)26(14-6)34(39-32)20-36-28(16-8)27(15-7)35(40-36)19-33-24(12-4)23(11-3)31(38-33)17-29(21)37-30;2*1-2-4-5-3-1;4*1-2;;/h17-20,37-38H,9-16H2,1-8H3;2*1-4H2;;;;;;/q;;;;;;;2*+3. The smallest absolute Gasteiger partial charge is 3.00 e. The summed E-state index contributed by atoms with van der Waals surface area (Å²) in [6, 6.07) is 9.24. The van der Waals surface area contributed by atoms with Gasteiger partial charge in [-0.05, 0) is 146 Å². The first-order chi connectivity index (χ1) is 28.5. The number of nitrogens with zero attached hydrogens (tertiary/aromatic N) is 2. The van der Waals surface area contributed by atoms with Crippen LogP contribution in [0.5, 0.6) is 0 Å². The molecule has 3 aromatic heterocycles. The van der Waals surface area contributed by atoms with E-state index in [0.29, 0.717) is 0 Å². The number of H-pyrrole nitrogens is 2. The predicted octanol–water partition coefficient (Wildman–Crippen LogP) is 11.5. The van der Waals surface area contributed by atoms with Crippen LogP contribution in [0.15, 0.2) is 24.3 Å². The van der Waals surface area contributed by atoms with E-state index in [1.807, 2.05) is 0 Å². The number of aromatic amines is 2. The average molecular weight is 902 g/mol. The molecule has 0 aliphatic carbocycles. The molecule has 0 saturated carbocycles. The van der Waals surface area contributed by atoms with Crippen LogP contribution >= 0.6 is 0 Å². The van der Waals surface area contributed by atoms with E-state index in [1.54, 1.807) is 0 Å². The maximum absolute atomic E-state index is 7.50. The zero-order valence-corrected chi connectivity index (χ0v) is 39.0. The van der Waals surface area contributed by atoms with E-state index in [1.165, 1.54) is 92.3 Å². The second kappa shape index (κ2) is 33.2. The summed E-state index contributed by atoms with van der Waals surface area (Å²) in [7, 11) is 0. The molecule has 1 radical (unpaired) electrons. The predicted molar refractivity (Wildman–Crippen MR) is 229 cm³/mol. The van der Waals surface area contributed by atoms with Gasteiger partial charge in [-0.2, -0.15) is 0 Å². The van der Waals surface area contributed by atoms with Crippen LogP contribution in [0.4, 0.5) is 0 Å². The fourth-order valence-electron chi connectivity index (χ4n) is 8.12. The minimum atomic E-state index is 0. The number of hydrogen-bond acceptors (Lipinski definition) is 4. The van der Waals surface area contributed by atoms with Crippen LogP contribution in [0.25, 0.3) is 44.4 Å². The third-order valence-electron chi connectivity index (χ3n) is 10.6. The molecule has 2 N–H and O–H groups in total. The number of rotatable bonds is 8. The molecule has 0 atom stereocenters. The van der Waals surface area contributed by atoms with Crippen molar-refractivity contribution in [3.63, 3.8) is 0 Å². The van der Waals surface area contributed by atoms with Crippen molar-refractivity contribution in [3.05, 3.63) is 95.9 Å². The summed E-state index contributed by atoms with van der Waals surface area (Å²) in [6.07, 6.45) is 13.0. The van der Waals surface area contributed by atoms with Gasteiger partial charge in [-0.25, -0.2) is 9.97 Å². The van der Waals surface area contributed by atoms with Gasteiger partial charge in [0.25, 0.3) is 0 Å². The van der Waals surface area contributed by atoms with E-state index >= 15 is 0 Å². The fourth-order valence-corrected chi connectivity index (χ4v) is 8.12. The summed E-state index contributed by atoms with van der Waals surface area (Å²) in [5, 5.41) is 0. The number of hydrogen-bond donors (Lipinski definition) is 2. The van der Waals surface area contributed by atoms with Gasteiger partial charge in [0.2, 0.25) is 0 Å². The molecule has 319 valence electrons. The van der Waals surface area contributed by atoms with Crippen molar-refractivity contribution in [2.75, 3.05) is 26.4 Å². The molecule has 12 heteroatoms. The Morgan fingerprint density at radius 3 is 0.850 bits per heavy atom. The van der Waals surface area contributed by atoms with Gasteiger partial charge in [0.05, 0.1) is 22.8 Å². The summed E-state index contributed by atoms with van der Waals surface area (Å²) < 4.78 is 39.9. The van der Waals surface area contributed by atoms with Crippen molar-refractivity contribution in [2.24, 2.45) is 0 Å². The van der Waals surface area contributed by atoms with Crippen molar-refractivity contribution in [1.82, 2.24) is 19.9 Å². The third-order valence-corrected chi connectivity index (χ3v) is 10.6. The Balaban J connectivity index is 0. The molecule has 60 heavy (non-hydrogen) atoms. The molecule has 10 nitrogen and oxygen atoms in total. The van der Waals surface area contributed by atoms with Crippen molar-refractivity contribution in [1.29, 1.82) is 0 Å². The summed E-state index contributed by atoms with van der Waals surface area (Å²) in [5.41, 5.74) is 20.2. The molecule has 3 aromatic rings. The van der Waals surface area contributed by atoms with E-state index in [9.17, 15) is 0 Å². The molecule has 0 aromatic carbocycles. The van der Waals surface area contributed by atoms with Crippen molar-refractivity contribution in [3.8, 4) is 0 Å². The van der Waals surface area contributed by atoms with Crippen LogP contribution in [0, 0.1) is 26.6 Å². The summed E-state index contributed by atoms with van der Waals surface area (Å²) in [6.45, 7) is 40.1. The van der Waals surface area contributed by atoms with Gasteiger partial charge in [0, 0.05) is 48.5 Å². The van der Waals surface area contributed by atoms with Crippen molar-refractivity contribution in [2.45, 2.75) is 132 Å². The summed E-state index contributed by atoms with van der Waals surface area (Å²) >= 11 is 0. The minimum absolute atomic E-state index is 0. The Morgan fingerprint density at radius 1 is 0.417 bits per heavy atom. The first-order valence-electron chi connectivity index (χ1n) is 20.7. The molecule has 4 aliphatic rings. The van der Waals surface area contributed by atoms with Crippen LogP contribution in [-0.4, -0.2) is 46.4 Å². The first kappa shape index (κ1) is 58.6. The van der Waals surface area contributed by atoms with Gasteiger partial charge in [-0.15, -0.1) is 0 Å². The summed E-state index contributed by atoms with van der Waals surface area (Å²) in [4.78, 5) is 18.2. The zero-order chi connectivity index (χ0) is 43.6. The Kier molecular flexibility index (Phi) is 32.4. The van der Waals surface area contributed by atoms with Gasteiger partial charge < -0.3 is 19.4 Å². The number of ether oxygens (including phenoxy) is 2.